The molecule has 0 unspecified atom stereocenters. The summed E-state index contributed by atoms with van der Waals surface area (Å²) in [5.41, 5.74) is 0. The molecule has 124 valence electrons. The number of aromatic nitrogens is 2. The predicted molar refractivity (Wildman–Crippen MR) is 93.2 cm³/mol. The summed E-state index contributed by atoms with van der Waals surface area (Å²) >= 11 is 1.58. The van der Waals surface area contributed by atoms with Gasteiger partial charge >= 0.3 is 0 Å². The van der Waals surface area contributed by atoms with Gasteiger partial charge in [-0.25, -0.2) is 0 Å². The quantitative estimate of drug-likeness (QED) is 0.729. The predicted octanol–water partition coefficient (Wildman–Crippen LogP) is 3.69. The van der Waals surface area contributed by atoms with Crippen LogP contribution in [0, 0.1) is 12.8 Å². The van der Waals surface area contributed by atoms with Crippen LogP contribution in [0.4, 0.5) is 0 Å². The number of nitrogens with zero attached hydrogens (tertiary/aromatic N) is 3. The highest BCUT2D eigenvalue weighted by Gasteiger charge is 2.25. The van der Waals surface area contributed by atoms with Gasteiger partial charge in [-0.15, -0.1) is 11.3 Å². The Morgan fingerprint density at radius 3 is 2.83 bits per heavy atom. The van der Waals surface area contributed by atoms with Gasteiger partial charge in [0.25, 0.3) is 5.91 Å². The van der Waals surface area contributed by atoms with E-state index < -0.39 is 0 Å². The van der Waals surface area contributed by atoms with E-state index in [0.29, 0.717) is 11.8 Å². The maximum absolute atomic E-state index is 12.7. The third-order valence-corrected chi connectivity index (χ3v) is 5.68. The first-order valence-electron chi connectivity index (χ1n) is 8.26. The van der Waals surface area contributed by atoms with Crippen molar-refractivity contribution in [2.24, 2.45) is 5.92 Å². The van der Waals surface area contributed by atoms with Gasteiger partial charge < -0.3 is 9.42 Å². The van der Waals surface area contributed by atoms with Crippen LogP contribution in [-0.4, -0.2) is 34.0 Å². The number of carbonyl (C=O) groups is 1. The molecule has 5 nitrogen and oxygen atoms in total. The second-order valence-electron chi connectivity index (χ2n) is 6.32. The first kappa shape index (κ1) is 15.3. The minimum Gasteiger partial charge on any atom is -0.340 e. The van der Waals surface area contributed by atoms with Crippen LogP contribution in [0.1, 0.15) is 34.2 Å². The van der Waals surface area contributed by atoms with E-state index in [1.165, 1.54) is 4.70 Å². The second-order valence-corrected chi connectivity index (χ2v) is 7.40. The highest BCUT2D eigenvalue weighted by atomic mass is 32.1. The van der Waals surface area contributed by atoms with Crippen LogP contribution in [0.2, 0.25) is 0 Å². The third kappa shape index (κ3) is 3.06. The fourth-order valence-electron chi connectivity index (χ4n) is 3.27. The Bertz CT molecular complexity index is 829. The molecule has 3 heterocycles. The van der Waals surface area contributed by atoms with E-state index in [2.05, 4.69) is 22.3 Å². The average molecular weight is 341 g/mol. The van der Waals surface area contributed by atoms with Crippen LogP contribution in [-0.2, 0) is 6.42 Å². The zero-order valence-corrected chi connectivity index (χ0v) is 14.4. The summed E-state index contributed by atoms with van der Waals surface area (Å²) in [5, 5.41) is 5.12. The zero-order chi connectivity index (χ0) is 16.5. The topological polar surface area (TPSA) is 59.2 Å². The molecular formula is C18H19N3O2S. The Balaban J connectivity index is 1.39. The molecule has 0 spiro atoms. The molecule has 4 rings (SSSR count). The minimum atomic E-state index is 0.157. The standard InChI is InChI=1S/C18H19N3O2S/c1-12-19-17(20-23-12)10-13-6-8-21(9-7-13)18(22)16-11-14-4-2-3-5-15(14)24-16/h2-5,11,13H,6-10H2,1H3. The van der Waals surface area contributed by atoms with Crippen LogP contribution in [0.3, 0.4) is 0 Å². The molecule has 0 atom stereocenters. The number of carbonyl (C=O) groups excluding carboxylic acids is 1. The number of amides is 1. The molecular weight excluding hydrogens is 322 g/mol. The smallest absolute Gasteiger partial charge is 0.263 e. The van der Waals surface area contributed by atoms with Crippen LogP contribution >= 0.6 is 11.3 Å². The van der Waals surface area contributed by atoms with Gasteiger partial charge in [0.15, 0.2) is 5.82 Å². The van der Waals surface area contributed by atoms with Crippen molar-refractivity contribution >= 4 is 27.3 Å². The van der Waals surface area contributed by atoms with Gasteiger partial charge in [-0.3, -0.25) is 4.79 Å². The Labute approximate surface area is 144 Å². The summed E-state index contributed by atoms with van der Waals surface area (Å²) in [7, 11) is 0. The Hall–Kier alpha value is -2.21. The normalized spacial score (nSPS) is 16.0. The molecule has 1 saturated heterocycles. The monoisotopic (exact) mass is 341 g/mol. The summed E-state index contributed by atoms with van der Waals surface area (Å²) in [6, 6.07) is 10.2. The van der Waals surface area contributed by atoms with E-state index in [9.17, 15) is 4.79 Å². The first-order chi connectivity index (χ1) is 11.7. The number of thiophene rings is 1. The zero-order valence-electron chi connectivity index (χ0n) is 13.6. The van der Waals surface area contributed by atoms with E-state index in [0.717, 1.165) is 48.4 Å². The van der Waals surface area contributed by atoms with Crippen molar-refractivity contribution in [3.05, 3.63) is 46.9 Å². The van der Waals surface area contributed by atoms with Gasteiger partial charge in [0.2, 0.25) is 5.89 Å². The van der Waals surface area contributed by atoms with Gasteiger partial charge in [0.05, 0.1) is 4.88 Å². The van der Waals surface area contributed by atoms with E-state index in [1.54, 1.807) is 11.3 Å². The van der Waals surface area contributed by atoms with Crippen molar-refractivity contribution in [1.29, 1.82) is 0 Å². The lowest BCUT2D eigenvalue weighted by Crippen LogP contribution is -2.38. The molecule has 0 saturated carbocycles. The van der Waals surface area contributed by atoms with Crippen LogP contribution in [0.25, 0.3) is 10.1 Å². The van der Waals surface area contributed by atoms with Gasteiger partial charge in [0.1, 0.15) is 0 Å². The van der Waals surface area contributed by atoms with Crippen molar-refractivity contribution in [2.75, 3.05) is 13.1 Å². The number of benzene rings is 1. The number of hydrogen-bond donors (Lipinski definition) is 0. The molecule has 0 aliphatic carbocycles. The summed E-state index contributed by atoms with van der Waals surface area (Å²) in [6.07, 6.45) is 2.82. The summed E-state index contributed by atoms with van der Waals surface area (Å²) in [5.74, 6) is 2.07. The van der Waals surface area contributed by atoms with E-state index in [1.807, 2.05) is 30.0 Å². The van der Waals surface area contributed by atoms with Crippen molar-refractivity contribution in [3.8, 4) is 0 Å². The second kappa shape index (κ2) is 6.36. The molecule has 0 bridgehead atoms. The number of piperidine rings is 1. The van der Waals surface area contributed by atoms with Gasteiger partial charge in [0, 0.05) is 31.1 Å². The summed E-state index contributed by atoms with van der Waals surface area (Å²) < 4.78 is 6.20. The maximum Gasteiger partial charge on any atom is 0.263 e. The molecule has 1 aliphatic heterocycles. The molecule has 1 amide bonds. The average Bonchev–Trinajstić information content (AvgIpc) is 3.21. The number of likely N-dealkylation sites (tertiary alicyclic amines) is 1. The highest BCUT2D eigenvalue weighted by Crippen LogP contribution is 2.28. The number of rotatable bonds is 3. The number of fused-ring (bicyclic) bond motifs is 1. The molecule has 0 N–H and O–H groups in total. The van der Waals surface area contributed by atoms with E-state index in [4.69, 9.17) is 4.52 Å². The molecule has 0 radical (unpaired) electrons. The van der Waals surface area contributed by atoms with E-state index in [-0.39, 0.29) is 5.91 Å². The Kier molecular flexibility index (Phi) is 4.06. The lowest BCUT2D eigenvalue weighted by Gasteiger charge is -2.31. The fourth-order valence-corrected chi connectivity index (χ4v) is 4.30. The van der Waals surface area contributed by atoms with Gasteiger partial charge in [-0.05, 0) is 36.3 Å². The fraction of sp³-hybridized carbons (Fsp3) is 0.389. The number of aryl methyl sites for hydroxylation is 1. The van der Waals surface area contributed by atoms with Crippen molar-refractivity contribution in [1.82, 2.24) is 15.0 Å². The van der Waals surface area contributed by atoms with Crippen molar-refractivity contribution in [3.63, 3.8) is 0 Å². The lowest BCUT2D eigenvalue weighted by molar-refractivity contribution is 0.0694. The minimum absolute atomic E-state index is 0.157. The highest BCUT2D eigenvalue weighted by molar-refractivity contribution is 7.20. The Morgan fingerprint density at radius 2 is 2.12 bits per heavy atom. The maximum atomic E-state index is 12.7. The first-order valence-corrected chi connectivity index (χ1v) is 9.08. The molecule has 1 aromatic carbocycles. The van der Waals surface area contributed by atoms with Gasteiger partial charge in [-0.1, -0.05) is 23.4 Å². The SMILES string of the molecule is Cc1nc(CC2CCN(C(=O)c3cc4ccccc4s3)CC2)no1. The van der Waals surface area contributed by atoms with Crippen molar-refractivity contribution < 1.29 is 9.32 Å². The number of hydrogen-bond acceptors (Lipinski definition) is 5. The Morgan fingerprint density at radius 1 is 1.33 bits per heavy atom. The van der Waals surface area contributed by atoms with Crippen LogP contribution in [0.15, 0.2) is 34.9 Å². The summed E-state index contributed by atoms with van der Waals surface area (Å²) in [6.45, 7) is 3.41. The van der Waals surface area contributed by atoms with E-state index >= 15 is 0 Å². The molecule has 1 aliphatic rings. The molecule has 2 aromatic heterocycles. The van der Waals surface area contributed by atoms with Crippen LogP contribution < -0.4 is 0 Å². The van der Waals surface area contributed by atoms with Crippen LogP contribution in [0.5, 0.6) is 0 Å². The third-order valence-electron chi connectivity index (χ3n) is 4.58. The largest absolute Gasteiger partial charge is 0.340 e. The molecule has 3 aromatic rings. The van der Waals surface area contributed by atoms with Crippen molar-refractivity contribution in [2.45, 2.75) is 26.2 Å². The molecule has 1 fully saturated rings. The lowest BCUT2D eigenvalue weighted by atomic mass is 9.93. The molecule has 24 heavy (non-hydrogen) atoms. The molecule has 6 heteroatoms. The summed E-state index contributed by atoms with van der Waals surface area (Å²) in [4.78, 5) is 19.8. The van der Waals surface area contributed by atoms with Gasteiger partial charge in [-0.2, -0.15) is 4.98 Å².